The maximum atomic E-state index is 10.1. The molecule has 0 aromatic carbocycles. The molecule has 3 nitrogen and oxygen atoms in total. The topological polar surface area (TPSA) is 38.1 Å². The first-order chi connectivity index (χ1) is 8.32. The fraction of sp³-hybridized carbons (Fsp3) is 0.800. The molecule has 1 aliphatic rings. The van der Waals surface area contributed by atoms with Crippen molar-refractivity contribution >= 4 is 0 Å². The molecular formula is C15H26N2O. The summed E-state index contributed by atoms with van der Waals surface area (Å²) in [6, 6.07) is 0.398. The van der Waals surface area contributed by atoms with Gasteiger partial charge in [-0.3, -0.25) is 4.68 Å². The van der Waals surface area contributed by atoms with Crippen LogP contribution in [0.2, 0.25) is 0 Å². The third-order valence-electron chi connectivity index (χ3n) is 5.00. The highest BCUT2D eigenvalue weighted by Crippen LogP contribution is 2.56. The lowest BCUT2D eigenvalue weighted by Crippen LogP contribution is -2.49. The van der Waals surface area contributed by atoms with Crippen LogP contribution < -0.4 is 0 Å². The van der Waals surface area contributed by atoms with Gasteiger partial charge in [0.05, 0.1) is 11.8 Å². The smallest absolute Gasteiger partial charge is 0.0631 e. The van der Waals surface area contributed by atoms with Crippen LogP contribution in [0, 0.1) is 19.3 Å². The van der Waals surface area contributed by atoms with Crippen LogP contribution in [0.4, 0.5) is 0 Å². The highest BCUT2D eigenvalue weighted by atomic mass is 16.3. The number of aliphatic hydroxyl groups is 1. The summed E-state index contributed by atoms with van der Waals surface area (Å²) in [5, 5.41) is 14.7. The van der Waals surface area contributed by atoms with E-state index in [-0.39, 0.29) is 11.5 Å². The Labute approximate surface area is 110 Å². The van der Waals surface area contributed by atoms with Crippen molar-refractivity contribution in [3.63, 3.8) is 0 Å². The first-order valence-electron chi connectivity index (χ1n) is 7.06. The second kappa shape index (κ2) is 4.37. The summed E-state index contributed by atoms with van der Waals surface area (Å²) in [4.78, 5) is 0. The first-order valence-corrected chi connectivity index (χ1v) is 7.06. The highest BCUT2D eigenvalue weighted by molar-refractivity contribution is 5.34. The van der Waals surface area contributed by atoms with Crippen molar-refractivity contribution in [3.8, 4) is 0 Å². The van der Waals surface area contributed by atoms with Crippen LogP contribution in [0.3, 0.4) is 0 Å². The number of hydrogen-bond acceptors (Lipinski definition) is 2. The Morgan fingerprint density at radius 1 is 1.44 bits per heavy atom. The van der Waals surface area contributed by atoms with E-state index in [0.717, 1.165) is 18.5 Å². The maximum absolute atomic E-state index is 10.1. The van der Waals surface area contributed by atoms with Gasteiger partial charge in [0.15, 0.2) is 0 Å². The Morgan fingerprint density at radius 2 is 2.06 bits per heavy atom. The molecule has 0 bridgehead atoms. The predicted molar refractivity (Wildman–Crippen MR) is 73.8 cm³/mol. The molecule has 3 atom stereocenters. The molecule has 1 aromatic rings. The van der Waals surface area contributed by atoms with Gasteiger partial charge in [-0.2, -0.15) is 5.10 Å². The second-order valence-corrected chi connectivity index (χ2v) is 6.29. The number of aliphatic hydroxyl groups excluding tert-OH is 1. The Kier molecular flexibility index (Phi) is 3.30. The molecule has 0 aliphatic heterocycles. The molecule has 1 fully saturated rings. The summed E-state index contributed by atoms with van der Waals surface area (Å²) in [5.41, 5.74) is 3.82. The van der Waals surface area contributed by atoms with Gasteiger partial charge >= 0.3 is 0 Å². The Hall–Kier alpha value is -0.830. The van der Waals surface area contributed by atoms with Gasteiger partial charge in [0, 0.05) is 17.2 Å². The standard InChI is InChI=1S/C15H26N2O/c1-7-15(6)12(8-13(15)18)14-10(4)16-17(9(2)3)11(14)5/h9,12-13,18H,7-8H2,1-6H3. The zero-order chi connectivity index (χ0) is 13.7. The van der Waals surface area contributed by atoms with Crippen molar-refractivity contribution in [2.24, 2.45) is 5.41 Å². The SMILES string of the molecule is CCC1(C)C(O)CC1c1c(C)nn(C(C)C)c1C. The molecule has 2 rings (SSSR count). The van der Waals surface area contributed by atoms with Crippen molar-refractivity contribution in [1.82, 2.24) is 9.78 Å². The number of nitrogens with zero attached hydrogens (tertiary/aromatic N) is 2. The minimum atomic E-state index is -0.159. The fourth-order valence-corrected chi connectivity index (χ4v) is 3.45. The molecule has 0 saturated heterocycles. The molecule has 0 radical (unpaired) electrons. The highest BCUT2D eigenvalue weighted by Gasteiger charge is 2.51. The van der Waals surface area contributed by atoms with Gasteiger partial charge in [0.1, 0.15) is 0 Å². The van der Waals surface area contributed by atoms with Crippen molar-refractivity contribution in [2.75, 3.05) is 0 Å². The molecule has 102 valence electrons. The number of rotatable bonds is 3. The summed E-state index contributed by atoms with van der Waals surface area (Å²) < 4.78 is 2.12. The van der Waals surface area contributed by atoms with E-state index in [1.54, 1.807) is 0 Å². The maximum Gasteiger partial charge on any atom is 0.0631 e. The molecular weight excluding hydrogens is 224 g/mol. The lowest BCUT2D eigenvalue weighted by Gasteiger charge is -2.51. The van der Waals surface area contributed by atoms with E-state index < -0.39 is 0 Å². The van der Waals surface area contributed by atoms with E-state index in [0.29, 0.717) is 12.0 Å². The normalized spacial score (nSPS) is 31.8. The van der Waals surface area contributed by atoms with E-state index in [1.807, 2.05) is 0 Å². The molecule has 0 amide bonds. The summed E-state index contributed by atoms with van der Waals surface area (Å²) in [5.74, 6) is 0.463. The van der Waals surface area contributed by atoms with Crippen LogP contribution in [0.1, 0.15) is 69.4 Å². The molecule has 18 heavy (non-hydrogen) atoms. The van der Waals surface area contributed by atoms with Gasteiger partial charge in [0.25, 0.3) is 0 Å². The molecule has 1 heterocycles. The van der Waals surface area contributed by atoms with Crippen molar-refractivity contribution in [2.45, 2.75) is 72.4 Å². The lowest BCUT2D eigenvalue weighted by atomic mass is 9.55. The van der Waals surface area contributed by atoms with Crippen LogP contribution in [-0.2, 0) is 0 Å². The number of aromatic nitrogens is 2. The van der Waals surface area contributed by atoms with Gasteiger partial charge in [-0.05, 0) is 52.0 Å². The summed E-state index contributed by atoms with van der Waals surface area (Å²) in [7, 11) is 0. The van der Waals surface area contributed by atoms with Gasteiger partial charge in [-0.1, -0.05) is 13.8 Å². The number of aryl methyl sites for hydroxylation is 1. The Morgan fingerprint density at radius 3 is 2.44 bits per heavy atom. The van der Waals surface area contributed by atoms with E-state index in [4.69, 9.17) is 0 Å². The third kappa shape index (κ3) is 1.71. The quantitative estimate of drug-likeness (QED) is 0.893. The van der Waals surface area contributed by atoms with Crippen LogP contribution in [0.25, 0.3) is 0 Å². The lowest BCUT2D eigenvalue weighted by molar-refractivity contribution is -0.0781. The monoisotopic (exact) mass is 250 g/mol. The molecule has 1 saturated carbocycles. The van der Waals surface area contributed by atoms with Gasteiger partial charge in [0.2, 0.25) is 0 Å². The van der Waals surface area contributed by atoms with Crippen LogP contribution in [0.15, 0.2) is 0 Å². The van der Waals surface area contributed by atoms with Crippen LogP contribution in [0.5, 0.6) is 0 Å². The van der Waals surface area contributed by atoms with Crippen molar-refractivity contribution in [1.29, 1.82) is 0 Å². The summed E-state index contributed by atoms with van der Waals surface area (Å²) in [6.45, 7) is 13.0. The van der Waals surface area contributed by atoms with Crippen molar-refractivity contribution in [3.05, 3.63) is 17.0 Å². The van der Waals surface area contributed by atoms with Crippen LogP contribution >= 0.6 is 0 Å². The Bertz CT molecular complexity index is 450. The molecule has 1 aliphatic carbocycles. The van der Waals surface area contributed by atoms with E-state index in [2.05, 4.69) is 51.3 Å². The van der Waals surface area contributed by atoms with E-state index >= 15 is 0 Å². The second-order valence-electron chi connectivity index (χ2n) is 6.29. The summed E-state index contributed by atoms with van der Waals surface area (Å²) >= 11 is 0. The largest absolute Gasteiger partial charge is 0.393 e. The van der Waals surface area contributed by atoms with Gasteiger partial charge in [-0.15, -0.1) is 0 Å². The summed E-state index contributed by atoms with van der Waals surface area (Å²) in [6.07, 6.45) is 1.74. The van der Waals surface area contributed by atoms with Gasteiger partial charge < -0.3 is 5.11 Å². The Balaban J connectivity index is 2.41. The molecule has 3 unspecified atom stereocenters. The molecule has 1 N–H and O–H groups in total. The first kappa shape index (κ1) is 13.6. The minimum absolute atomic E-state index is 0.0281. The zero-order valence-corrected chi connectivity index (χ0v) is 12.5. The van der Waals surface area contributed by atoms with E-state index in [9.17, 15) is 5.11 Å². The molecule has 1 aromatic heterocycles. The molecule has 3 heteroatoms. The average molecular weight is 250 g/mol. The number of hydrogen-bond donors (Lipinski definition) is 1. The van der Waals surface area contributed by atoms with Crippen molar-refractivity contribution < 1.29 is 5.11 Å². The zero-order valence-electron chi connectivity index (χ0n) is 12.5. The molecule has 0 spiro atoms. The average Bonchev–Trinajstić information content (AvgIpc) is 2.61. The predicted octanol–water partition coefficient (Wildman–Crippen LogP) is 3.35. The minimum Gasteiger partial charge on any atom is -0.393 e. The van der Waals surface area contributed by atoms with Crippen LogP contribution in [-0.4, -0.2) is 21.0 Å². The fourth-order valence-electron chi connectivity index (χ4n) is 3.45. The third-order valence-corrected chi connectivity index (χ3v) is 5.00. The van der Waals surface area contributed by atoms with Gasteiger partial charge in [-0.25, -0.2) is 0 Å². The van der Waals surface area contributed by atoms with E-state index in [1.165, 1.54) is 11.3 Å².